The van der Waals surface area contributed by atoms with Crippen molar-refractivity contribution in [2.75, 3.05) is 6.61 Å². The van der Waals surface area contributed by atoms with Crippen molar-refractivity contribution >= 4 is 0 Å². The maximum absolute atomic E-state index is 15.1. The van der Waals surface area contributed by atoms with Crippen LogP contribution in [0, 0.1) is 11.8 Å². The van der Waals surface area contributed by atoms with Crippen LogP contribution in [0.4, 0.5) is 4.39 Å². The van der Waals surface area contributed by atoms with Crippen molar-refractivity contribution in [1.82, 2.24) is 0 Å². The van der Waals surface area contributed by atoms with Crippen molar-refractivity contribution in [3.8, 4) is 0 Å². The van der Waals surface area contributed by atoms with Crippen LogP contribution in [-0.4, -0.2) is 18.9 Å². The third-order valence-electron chi connectivity index (χ3n) is 7.00. The Kier molecular flexibility index (Phi) is 7.95. The fraction of sp³-hybridized carbons (Fsp3) is 0.400. The van der Waals surface area contributed by atoms with Gasteiger partial charge in [0.15, 0.2) is 0 Å². The van der Waals surface area contributed by atoms with Gasteiger partial charge in [-0.05, 0) is 52.5 Å². The first-order valence-electron chi connectivity index (χ1n) is 12.1. The summed E-state index contributed by atoms with van der Waals surface area (Å²) in [4.78, 5) is 0. The predicted octanol–water partition coefficient (Wildman–Crippen LogP) is 7.11. The molecule has 4 rings (SSSR count). The van der Waals surface area contributed by atoms with E-state index >= 15 is 4.39 Å². The summed E-state index contributed by atoms with van der Waals surface area (Å²) in [5.41, 5.74) is 6.11. The van der Waals surface area contributed by atoms with Crippen molar-refractivity contribution in [2.24, 2.45) is 11.8 Å². The smallest absolute Gasteiger partial charge is 0.131 e. The van der Waals surface area contributed by atoms with Gasteiger partial charge in [-0.15, -0.1) is 0 Å². The van der Waals surface area contributed by atoms with Crippen LogP contribution in [0.2, 0.25) is 0 Å². The van der Waals surface area contributed by atoms with Gasteiger partial charge in [-0.25, -0.2) is 4.39 Å². The number of alkyl halides is 1. The summed E-state index contributed by atoms with van der Waals surface area (Å²) < 4.78 is 27.3. The van der Waals surface area contributed by atoms with Crippen molar-refractivity contribution in [3.63, 3.8) is 0 Å². The molecule has 0 radical (unpaired) electrons. The fourth-order valence-corrected chi connectivity index (χ4v) is 4.68. The number of hydrogen-bond acceptors (Lipinski definition) is 2. The Morgan fingerprint density at radius 3 is 2.21 bits per heavy atom. The molecule has 0 aliphatic carbocycles. The van der Waals surface area contributed by atoms with Gasteiger partial charge in [0.1, 0.15) is 12.3 Å². The number of halogens is 1. The van der Waals surface area contributed by atoms with Crippen molar-refractivity contribution in [1.29, 1.82) is 0 Å². The van der Waals surface area contributed by atoms with E-state index in [4.69, 9.17) is 9.47 Å². The fourth-order valence-electron chi connectivity index (χ4n) is 4.68. The van der Waals surface area contributed by atoms with E-state index in [0.717, 1.165) is 24.0 Å². The molecule has 2 nitrogen and oxygen atoms in total. The van der Waals surface area contributed by atoms with Crippen molar-refractivity contribution < 1.29 is 13.9 Å². The summed E-state index contributed by atoms with van der Waals surface area (Å²) in [6.45, 7) is 6.99. The zero-order chi connectivity index (χ0) is 23.2. The molecule has 0 aromatic heterocycles. The lowest BCUT2D eigenvalue weighted by molar-refractivity contribution is -0.169. The summed E-state index contributed by atoms with van der Waals surface area (Å²) in [7, 11) is 0. The Balaban J connectivity index is 1.44. The van der Waals surface area contributed by atoms with E-state index in [-0.39, 0.29) is 24.5 Å². The summed E-state index contributed by atoms with van der Waals surface area (Å²) in [6, 6.07) is 27.4. The third kappa shape index (κ3) is 5.90. The average molecular weight is 447 g/mol. The number of benzene rings is 3. The average Bonchev–Trinajstić information content (AvgIpc) is 2.85. The molecule has 0 spiro atoms. The maximum Gasteiger partial charge on any atom is 0.131 e. The first kappa shape index (κ1) is 23.7. The molecule has 3 aromatic rings. The number of rotatable bonds is 8. The van der Waals surface area contributed by atoms with Crippen LogP contribution < -0.4 is 0 Å². The maximum atomic E-state index is 15.1. The van der Waals surface area contributed by atoms with E-state index < -0.39 is 12.3 Å². The standard InChI is InChI=1S/C30H35FO2/c1-4-23-13-15-24(16-14-23)17-26-11-8-12-27(18-26)30-22(3)21(2)29(31)28(33-30)20-32-19-25-9-6-5-7-10-25/h5-16,18,21-22,28-30H,4,17,19-20H2,1-3H3. The van der Waals surface area contributed by atoms with Gasteiger partial charge in [0.25, 0.3) is 0 Å². The van der Waals surface area contributed by atoms with Crippen LogP contribution in [0.5, 0.6) is 0 Å². The zero-order valence-electron chi connectivity index (χ0n) is 19.9. The topological polar surface area (TPSA) is 18.5 Å². The van der Waals surface area contributed by atoms with Crippen LogP contribution in [0.15, 0.2) is 78.9 Å². The van der Waals surface area contributed by atoms with Crippen LogP contribution in [0.1, 0.15) is 54.7 Å². The van der Waals surface area contributed by atoms with Gasteiger partial charge in [0.2, 0.25) is 0 Å². The van der Waals surface area contributed by atoms with Gasteiger partial charge >= 0.3 is 0 Å². The molecule has 5 unspecified atom stereocenters. The van der Waals surface area contributed by atoms with Crippen LogP contribution >= 0.6 is 0 Å². The minimum atomic E-state index is -1.03. The van der Waals surface area contributed by atoms with E-state index in [1.165, 1.54) is 16.7 Å². The Bertz CT molecular complexity index is 1000. The molecule has 0 saturated carbocycles. The second-order valence-corrected chi connectivity index (χ2v) is 9.35. The summed E-state index contributed by atoms with van der Waals surface area (Å²) in [5, 5.41) is 0. The molecule has 0 N–H and O–H groups in total. The lowest BCUT2D eigenvalue weighted by Gasteiger charge is -2.42. The lowest BCUT2D eigenvalue weighted by atomic mass is 9.79. The minimum Gasteiger partial charge on any atom is -0.374 e. The molecule has 1 saturated heterocycles. The zero-order valence-corrected chi connectivity index (χ0v) is 19.9. The van der Waals surface area contributed by atoms with Gasteiger partial charge in [-0.2, -0.15) is 0 Å². The van der Waals surface area contributed by atoms with E-state index in [1.807, 2.05) is 37.3 Å². The third-order valence-corrected chi connectivity index (χ3v) is 7.00. The molecule has 3 heteroatoms. The largest absolute Gasteiger partial charge is 0.374 e. The molecular formula is C30H35FO2. The molecule has 0 bridgehead atoms. The molecular weight excluding hydrogens is 411 g/mol. The number of ether oxygens (including phenoxy) is 2. The highest BCUT2D eigenvalue weighted by Crippen LogP contribution is 2.41. The van der Waals surface area contributed by atoms with E-state index in [2.05, 4.69) is 62.4 Å². The SMILES string of the molecule is CCc1ccc(Cc2cccc(C3OC(COCc4ccccc4)C(F)C(C)C3C)c2)cc1. The summed E-state index contributed by atoms with van der Waals surface area (Å²) in [6.07, 6.45) is 0.197. The quantitative estimate of drug-likeness (QED) is 0.367. The van der Waals surface area contributed by atoms with Gasteiger partial charge in [-0.3, -0.25) is 0 Å². The number of hydrogen-bond donors (Lipinski definition) is 0. The molecule has 5 atom stereocenters. The molecule has 1 heterocycles. The Hall–Kier alpha value is -2.49. The summed E-state index contributed by atoms with van der Waals surface area (Å²) in [5.74, 6) is -0.0104. The first-order chi connectivity index (χ1) is 16.0. The highest BCUT2D eigenvalue weighted by atomic mass is 19.1. The van der Waals surface area contributed by atoms with Crippen LogP contribution in [0.25, 0.3) is 0 Å². The molecule has 174 valence electrons. The van der Waals surface area contributed by atoms with Gasteiger partial charge in [0.05, 0.1) is 19.3 Å². The second kappa shape index (κ2) is 11.1. The highest BCUT2D eigenvalue weighted by molar-refractivity contribution is 5.32. The van der Waals surface area contributed by atoms with E-state index in [0.29, 0.717) is 6.61 Å². The Morgan fingerprint density at radius 2 is 1.48 bits per heavy atom. The first-order valence-corrected chi connectivity index (χ1v) is 12.1. The molecule has 3 aromatic carbocycles. The minimum absolute atomic E-state index is 0.0875. The van der Waals surface area contributed by atoms with Crippen molar-refractivity contribution in [2.45, 2.75) is 58.6 Å². The lowest BCUT2D eigenvalue weighted by Crippen LogP contribution is -2.45. The van der Waals surface area contributed by atoms with Gasteiger partial charge in [-0.1, -0.05) is 99.6 Å². The van der Waals surface area contributed by atoms with E-state index in [1.54, 1.807) is 0 Å². The molecule has 1 aliphatic rings. The molecule has 1 aliphatic heterocycles. The van der Waals surface area contributed by atoms with Gasteiger partial charge in [0, 0.05) is 0 Å². The second-order valence-electron chi connectivity index (χ2n) is 9.35. The van der Waals surface area contributed by atoms with Crippen molar-refractivity contribution in [3.05, 3.63) is 107 Å². The molecule has 0 amide bonds. The van der Waals surface area contributed by atoms with Gasteiger partial charge < -0.3 is 9.47 Å². The number of aryl methyl sites for hydroxylation is 1. The van der Waals surface area contributed by atoms with E-state index in [9.17, 15) is 0 Å². The summed E-state index contributed by atoms with van der Waals surface area (Å²) >= 11 is 0. The Labute approximate surface area is 197 Å². The molecule has 1 fully saturated rings. The normalized spacial score (nSPS) is 25.2. The van der Waals surface area contributed by atoms with Crippen LogP contribution in [-0.2, 0) is 28.9 Å². The highest BCUT2D eigenvalue weighted by Gasteiger charge is 2.42. The van der Waals surface area contributed by atoms with Crippen LogP contribution in [0.3, 0.4) is 0 Å². The molecule has 33 heavy (non-hydrogen) atoms. The predicted molar refractivity (Wildman–Crippen MR) is 132 cm³/mol. The monoisotopic (exact) mass is 446 g/mol. The Morgan fingerprint density at radius 1 is 0.788 bits per heavy atom.